The van der Waals surface area contributed by atoms with Gasteiger partial charge in [0.25, 0.3) is 0 Å². The van der Waals surface area contributed by atoms with Gasteiger partial charge in [0, 0.05) is 63.7 Å². The molecule has 1 aromatic heterocycles. The van der Waals surface area contributed by atoms with Crippen molar-refractivity contribution in [3.63, 3.8) is 0 Å². The average molecular weight is 365 g/mol. The summed E-state index contributed by atoms with van der Waals surface area (Å²) in [6, 6.07) is 0.384. The molecule has 4 fully saturated rings. The molecule has 1 amide bonds. The number of nitrogens with zero attached hydrogens (tertiary/aromatic N) is 4. The van der Waals surface area contributed by atoms with E-state index in [2.05, 4.69) is 25.1 Å². The Morgan fingerprint density at radius 3 is 2.88 bits per heavy atom. The van der Waals surface area contributed by atoms with Crippen molar-refractivity contribution >= 4 is 17.2 Å². The third-order valence-electron chi connectivity index (χ3n) is 5.72. The van der Waals surface area contributed by atoms with Crippen LogP contribution in [0.15, 0.2) is 10.9 Å². The number of hydrogen-bond acceptors (Lipinski definition) is 6. The summed E-state index contributed by atoms with van der Waals surface area (Å²) in [5, 5.41) is 2.14. The number of carbonyl (C=O) groups is 1. The predicted molar refractivity (Wildman–Crippen MR) is 97.5 cm³/mol. The smallest absolute Gasteiger partial charge is 0.224 e. The molecule has 2 bridgehead atoms. The van der Waals surface area contributed by atoms with Gasteiger partial charge in [-0.1, -0.05) is 0 Å². The fourth-order valence-corrected chi connectivity index (χ4v) is 4.93. The molecule has 4 aliphatic rings. The zero-order valence-corrected chi connectivity index (χ0v) is 15.6. The molecule has 5 rings (SSSR count). The number of hydrogen-bond donors (Lipinski definition) is 0. The van der Waals surface area contributed by atoms with Gasteiger partial charge in [0.1, 0.15) is 0 Å². The Labute approximate surface area is 153 Å². The number of piperidine rings is 1. The largest absolute Gasteiger partial charge is 0.379 e. The number of aromatic nitrogens is 1. The van der Waals surface area contributed by atoms with Crippen LogP contribution in [0, 0.1) is 5.92 Å². The first-order chi connectivity index (χ1) is 12.3. The summed E-state index contributed by atoms with van der Waals surface area (Å²) in [7, 11) is 0. The van der Waals surface area contributed by atoms with Crippen LogP contribution in [0.25, 0.3) is 0 Å². The molecule has 2 atom stereocenters. The van der Waals surface area contributed by atoms with Gasteiger partial charge in [0.05, 0.1) is 24.4 Å². The molecule has 0 saturated carbocycles. The summed E-state index contributed by atoms with van der Waals surface area (Å²) in [5.74, 6) is 0.960. The van der Waals surface area contributed by atoms with Gasteiger partial charge in [-0.3, -0.25) is 14.6 Å². The molecule has 0 aliphatic carbocycles. The third-order valence-corrected chi connectivity index (χ3v) is 6.36. The lowest BCUT2D eigenvalue weighted by Gasteiger charge is -2.37. The first kappa shape index (κ1) is 17.4. The minimum atomic E-state index is 0.344. The van der Waals surface area contributed by atoms with E-state index in [1.165, 1.54) is 6.42 Å². The van der Waals surface area contributed by atoms with Crippen molar-refractivity contribution in [1.82, 2.24) is 19.7 Å². The average Bonchev–Trinajstić information content (AvgIpc) is 2.99. The Hall–Kier alpha value is -1.02. The Morgan fingerprint density at radius 2 is 2.08 bits per heavy atom. The maximum absolute atomic E-state index is 12.8. The van der Waals surface area contributed by atoms with Gasteiger partial charge in [-0.05, 0) is 18.8 Å². The highest BCUT2D eigenvalue weighted by atomic mass is 32.1. The van der Waals surface area contributed by atoms with E-state index in [9.17, 15) is 4.79 Å². The zero-order chi connectivity index (χ0) is 17.1. The molecule has 25 heavy (non-hydrogen) atoms. The maximum atomic E-state index is 12.8. The molecule has 5 heterocycles. The molecule has 4 aliphatic heterocycles. The van der Waals surface area contributed by atoms with E-state index in [1.807, 2.05) is 5.51 Å². The molecular formula is C18H28N4O2S. The summed E-state index contributed by atoms with van der Waals surface area (Å²) >= 11 is 1.66. The summed E-state index contributed by atoms with van der Waals surface area (Å²) in [4.78, 5) is 24.3. The van der Waals surface area contributed by atoms with E-state index in [-0.39, 0.29) is 0 Å². The standard InChI is InChI=1S/C18H28N4O2S/c23-18(3-4-20-5-7-24-8-6-20)22-10-15-1-2-17(22)12-21(9-15)11-16-13-25-14-19-16/h13-15,17H,1-12H2. The Kier molecular flexibility index (Phi) is 5.65. The predicted octanol–water partition coefficient (Wildman–Crippen LogP) is 1.29. The van der Waals surface area contributed by atoms with E-state index in [0.29, 0.717) is 24.3 Å². The molecule has 0 spiro atoms. The highest BCUT2D eigenvalue weighted by molar-refractivity contribution is 7.07. The van der Waals surface area contributed by atoms with Crippen LogP contribution in [0.3, 0.4) is 0 Å². The third kappa shape index (κ3) is 4.39. The summed E-state index contributed by atoms with van der Waals surface area (Å²) in [6.07, 6.45) is 3.06. The van der Waals surface area contributed by atoms with Crippen LogP contribution in [0.2, 0.25) is 0 Å². The van der Waals surface area contributed by atoms with Crippen LogP contribution in [0.4, 0.5) is 0 Å². The second kappa shape index (κ2) is 8.12. The normalized spacial score (nSPS) is 28.2. The van der Waals surface area contributed by atoms with Gasteiger partial charge in [0.15, 0.2) is 0 Å². The molecule has 4 saturated heterocycles. The van der Waals surface area contributed by atoms with Gasteiger partial charge in [-0.15, -0.1) is 11.3 Å². The second-order valence-electron chi connectivity index (χ2n) is 7.52. The number of morpholine rings is 1. The molecule has 138 valence electrons. The van der Waals surface area contributed by atoms with Gasteiger partial charge < -0.3 is 9.64 Å². The molecule has 0 N–H and O–H groups in total. The lowest BCUT2D eigenvalue weighted by Crippen LogP contribution is -2.48. The van der Waals surface area contributed by atoms with E-state index >= 15 is 0 Å². The fraction of sp³-hybridized carbons (Fsp3) is 0.778. The van der Waals surface area contributed by atoms with Crippen molar-refractivity contribution in [1.29, 1.82) is 0 Å². The van der Waals surface area contributed by atoms with Crippen LogP contribution < -0.4 is 0 Å². The number of carbonyl (C=O) groups excluding carboxylic acids is 1. The topological polar surface area (TPSA) is 48.9 Å². The van der Waals surface area contributed by atoms with Crippen molar-refractivity contribution < 1.29 is 9.53 Å². The molecule has 6 nitrogen and oxygen atoms in total. The van der Waals surface area contributed by atoms with E-state index in [0.717, 1.165) is 71.1 Å². The number of fused-ring (bicyclic) bond motifs is 4. The van der Waals surface area contributed by atoms with E-state index in [1.54, 1.807) is 11.3 Å². The number of ether oxygens (including phenoxy) is 1. The first-order valence-corrected chi connectivity index (χ1v) is 10.4. The van der Waals surface area contributed by atoms with Crippen LogP contribution in [-0.4, -0.2) is 84.1 Å². The van der Waals surface area contributed by atoms with Crippen LogP contribution >= 0.6 is 11.3 Å². The SMILES string of the molecule is O=C(CCN1CCOCC1)N1CC2CCC1CN(Cc1cscn1)C2. The van der Waals surface area contributed by atoms with E-state index in [4.69, 9.17) is 4.74 Å². The second-order valence-corrected chi connectivity index (χ2v) is 8.24. The minimum absolute atomic E-state index is 0.344. The number of thiazole rings is 1. The van der Waals surface area contributed by atoms with E-state index < -0.39 is 0 Å². The summed E-state index contributed by atoms with van der Waals surface area (Å²) in [6.45, 7) is 8.35. The molecule has 7 heteroatoms. The van der Waals surface area contributed by atoms with Crippen molar-refractivity contribution in [2.45, 2.75) is 31.8 Å². The lowest BCUT2D eigenvalue weighted by molar-refractivity contribution is -0.135. The van der Waals surface area contributed by atoms with Crippen molar-refractivity contribution in [3.8, 4) is 0 Å². The van der Waals surface area contributed by atoms with Crippen molar-refractivity contribution in [2.75, 3.05) is 52.5 Å². The molecular weight excluding hydrogens is 336 g/mol. The molecule has 1 aromatic rings. The van der Waals surface area contributed by atoms with Gasteiger partial charge in [-0.2, -0.15) is 0 Å². The highest BCUT2D eigenvalue weighted by Crippen LogP contribution is 2.29. The Bertz CT molecular complexity index is 561. The molecule has 0 aromatic carbocycles. The number of rotatable bonds is 5. The fourth-order valence-electron chi connectivity index (χ4n) is 4.38. The Morgan fingerprint density at radius 1 is 1.20 bits per heavy atom. The summed E-state index contributed by atoms with van der Waals surface area (Å²) < 4.78 is 5.39. The van der Waals surface area contributed by atoms with Gasteiger partial charge in [0.2, 0.25) is 5.91 Å². The summed E-state index contributed by atoms with van der Waals surface area (Å²) in [5.41, 5.74) is 3.07. The lowest BCUT2D eigenvalue weighted by atomic mass is 9.94. The Balaban J connectivity index is 1.32. The van der Waals surface area contributed by atoms with Crippen molar-refractivity contribution in [3.05, 3.63) is 16.6 Å². The monoisotopic (exact) mass is 364 g/mol. The minimum Gasteiger partial charge on any atom is -0.379 e. The number of amides is 1. The maximum Gasteiger partial charge on any atom is 0.224 e. The first-order valence-electron chi connectivity index (χ1n) is 9.47. The quantitative estimate of drug-likeness (QED) is 0.788. The van der Waals surface area contributed by atoms with Crippen molar-refractivity contribution in [2.24, 2.45) is 5.92 Å². The zero-order valence-electron chi connectivity index (χ0n) is 14.8. The highest BCUT2D eigenvalue weighted by Gasteiger charge is 2.37. The van der Waals surface area contributed by atoms with Crippen LogP contribution in [0.1, 0.15) is 25.0 Å². The van der Waals surface area contributed by atoms with Gasteiger partial charge in [-0.25, -0.2) is 4.98 Å². The molecule has 0 radical (unpaired) electrons. The van der Waals surface area contributed by atoms with Crippen LogP contribution in [0.5, 0.6) is 0 Å². The molecule has 2 unspecified atom stereocenters. The van der Waals surface area contributed by atoms with Gasteiger partial charge >= 0.3 is 0 Å². The van der Waals surface area contributed by atoms with Crippen LogP contribution in [-0.2, 0) is 16.1 Å².